The summed E-state index contributed by atoms with van der Waals surface area (Å²) in [6.45, 7) is 0.308. The van der Waals surface area contributed by atoms with Crippen LogP contribution in [0.5, 0.6) is 5.75 Å². The predicted octanol–water partition coefficient (Wildman–Crippen LogP) is 1.68. The predicted molar refractivity (Wildman–Crippen MR) is 79.8 cm³/mol. The van der Waals surface area contributed by atoms with E-state index < -0.39 is 5.97 Å². The monoisotopic (exact) mass is 303 g/mol. The number of aliphatic carboxylic acids is 1. The van der Waals surface area contributed by atoms with Crippen LogP contribution in [0.2, 0.25) is 0 Å². The van der Waals surface area contributed by atoms with E-state index in [1.54, 1.807) is 13.2 Å². The fraction of sp³-hybridized carbons (Fsp3) is 0.267. The summed E-state index contributed by atoms with van der Waals surface area (Å²) in [5.74, 6) is -0.439. The van der Waals surface area contributed by atoms with Gasteiger partial charge >= 0.3 is 5.97 Å². The summed E-state index contributed by atoms with van der Waals surface area (Å²) in [4.78, 5) is 22.3. The molecule has 7 heteroatoms. The van der Waals surface area contributed by atoms with Crippen LogP contribution in [0.25, 0.3) is 11.3 Å². The van der Waals surface area contributed by atoms with Gasteiger partial charge in [-0.05, 0) is 36.8 Å². The lowest BCUT2D eigenvalue weighted by Crippen LogP contribution is -2.25. The normalized spacial score (nSPS) is 10.2. The van der Waals surface area contributed by atoms with E-state index in [4.69, 9.17) is 9.84 Å². The number of rotatable bonds is 7. The Morgan fingerprint density at radius 2 is 2.05 bits per heavy atom. The molecule has 0 spiro atoms. The van der Waals surface area contributed by atoms with E-state index >= 15 is 0 Å². The Hall–Kier alpha value is -2.83. The first-order valence-corrected chi connectivity index (χ1v) is 6.80. The number of aromatic amines is 1. The number of carboxylic acid groups (broad SMARTS) is 1. The molecule has 116 valence electrons. The molecular weight excluding hydrogens is 286 g/mol. The van der Waals surface area contributed by atoms with Crippen LogP contribution < -0.4 is 10.1 Å². The third-order valence-corrected chi connectivity index (χ3v) is 3.06. The summed E-state index contributed by atoms with van der Waals surface area (Å²) in [6.07, 6.45) is 0.418. The summed E-state index contributed by atoms with van der Waals surface area (Å²) in [6, 6.07) is 8.98. The van der Waals surface area contributed by atoms with Crippen LogP contribution in [0, 0.1) is 0 Å². The maximum atomic E-state index is 11.9. The maximum absolute atomic E-state index is 11.9. The van der Waals surface area contributed by atoms with Gasteiger partial charge in [0.1, 0.15) is 11.4 Å². The smallest absolute Gasteiger partial charge is 0.303 e. The summed E-state index contributed by atoms with van der Waals surface area (Å²) in [5.41, 5.74) is 1.85. The first kappa shape index (κ1) is 15.6. The van der Waals surface area contributed by atoms with Gasteiger partial charge < -0.3 is 15.2 Å². The number of H-pyrrole nitrogens is 1. The maximum Gasteiger partial charge on any atom is 0.303 e. The highest BCUT2D eigenvalue weighted by molar-refractivity contribution is 5.93. The lowest BCUT2D eigenvalue weighted by Gasteiger charge is -2.01. The number of hydrogen-bond acceptors (Lipinski definition) is 4. The molecule has 3 N–H and O–H groups in total. The minimum absolute atomic E-state index is 0.0281. The lowest BCUT2D eigenvalue weighted by molar-refractivity contribution is -0.137. The highest BCUT2D eigenvalue weighted by atomic mass is 16.5. The third kappa shape index (κ3) is 4.08. The number of carboxylic acids is 1. The quantitative estimate of drug-likeness (QED) is 0.675. The van der Waals surface area contributed by atoms with Gasteiger partial charge in [0.25, 0.3) is 5.91 Å². The van der Waals surface area contributed by atoms with E-state index in [9.17, 15) is 9.59 Å². The zero-order valence-electron chi connectivity index (χ0n) is 12.1. The van der Waals surface area contributed by atoms with Crippen LogP contribution >= 0.6 is 0 Å². The SMILES string of the molecule is COc1ccc(-c2cc(C(=O)NCCCC(=O)O)[nH]n2)cc1. The first-order valence-electron chi connectivity index (χ1n) is 6.80. The zero-order valence-corrected chi connectivity index (χ0v) is 12.1. The van der Waals surface area contributed by atoms with Gasteiger partial charge in [-0.2, -0.15) is 5.10 Å². The van der Waals surface area contributed by atoms with Crippen molar-refractivity contribution in [3.8, 4) is 17.0 Å². The highest BCUT2D eigenvalue weighted by Gasteiger charge is 2.10. The summed E-state index contributed by atoms with van der Waals surface area (Å²) in [7, 11) is 1.59. The molecule has 0 saturated heterocycles. The molecule has 0 unspecified atom stereocenters. The fourth-order valence-corrected chi connectivity index (χ4v) is 1.88. The molecule has 0 aliphatic rings. The number of carbonyl (C=O) groups excluding carboxylic acids is 1. The third-order valence-electron chi connectivity index (χ3n) is 3.06. The van der Waals surface area contributed by atoms with Crippen molar-refractivity contribution in [3.63, 3.8) is 0 Å². The summed E-state index contributed by atoms with van der Waals surface area (Å²) < 4.78 is 5.09. The van der Waals surface area contributed by atoms with Crippen molar-refractivity contribution in [1.29, 1.82) is 0 Å². The van der Waals surface area contributed by atoms with Crippen LogP contribution in [-0.2, 0) is 4.79 Å². The second-order valence-corrected chi connectivity index (χ2v) is 4.65. The Balaban J connectivity index is 1.95. The number of benzene rings is 1. The van der Waals surface area contributed by atoms with Crippen LogP contribution in [-0.4, -0.2) is 40.8 Å². The van der Waals surface area contributed by atoms with Crippen LogP contribution in [0.4, 0.5) is 0 Å². The number of ether oxygens (including phenoxy) is 1. The van der Waals surface area contributed by atoms with Crippen molar-refractivity contribution in [1.82, 2.24) is 15.5 Å². The molecule has 0 aliphatic carbocycles. The average molecular weight is 303 g/mol. The topological polar surface area (TPSA) is 104 Å². The first-order chi connectivity index (χ1) is 10.6. The Bertz CT molecular complexity index is 649. The highest BCUT2D eigenvalue weighted by Crippen LogP contribution is 2.21. The molecule has 0 saturated carbocycles. The molecule has 2 aromatic rings. The molecule has 7 nitrogen and oxygen atoms in total. The number of amides is 1. The molecule has 0 atom stereocenters. The summed E-state index contributed by atoms with van der Waals surface area (Å²) in [5, 5.41) is 17.9. The van der Waals surface area contributed by atoms with Crippen molar-refractivity contribution < 1.29 is 19.4 Å². The molecular formula is C15H17N3O4. The molecule has 1 aromatic carbocycles. The Morgan fingerprint density at radius 1 is 1.32 bits per heavy atom. The van der Waals surface area contributed by atoms with Gasteiger partial charge in [-0.1, -0.05) is 0 Å². The standard InChI is InChI=1S/C15H17N3O4/c1-22-11-6-4-10(5-7-11)12-9-13(18-17-12)15(21)16-8-2-3-14(19)20/h4-7,9H,2-3,8H2,1H3,(H,16,21)(H,17,18)(H,19,20). The van der Waals surface area contributed by atoms with Gasteiger partial charge in [0.2, 0.25) is 0 Å². The van der Waals surface area contributed by atoms with Crippen LogP contribution in [0.3, 0.4) is 0 Å². The van der Waals surface area contributed by atoms with Gasteiger partial charge in [0.05, 0.1) is 12.8 Å². The zero-order chi connectivity index (χ0) is 15.9. The Kier molecular flexibility index (Phi) is 5.13. The number of nitrogens with one attached hydrogen (secondary N) is 2. The summed E-state index contributed by atoms with van der Waals surface area (Å²) >= 11 is 0. The number of methoxy groups -OCH3 is 1. The average Bonchev–Trinajstić information content (AvgIpc) is 3.01. The van der Waals surface area contributed by atoms with Crippen LogP contribution in [0.1, 0.15) is 23.3 Å². The van der Waals surface area contributed by atoms with Gasteiger partial charge in [-0.15, -0.1) is 0 Å². The van der Waals surface area contributed by atoms with E-state index in [0.717, 1.165) is 11.3 Å². The molecule has 0 bridgehead atoms. The molecule has 1 aromatic heterocycles. The van der Waals surface area contributed by atoms with E-state index in [1.165, 1.54) is 0 Å². The number of aromatic nitrogens is 2. The molecule has 1 heterocycles. The minimum Gasteiger partial charge on any atom is -0.497 e. The van der Waals surface area contributed by atoms with Gasteiger partial charge in [-0.25, -0.2) is 0 Å². The van der Waals surface area contributed by atoms with Crippen molar-refractivity contribution in [2.45, 2.75) is 12.8 Å². The van der Waals surface area contributed by atoms with E-state index in [2.05, 4.69) is 15.5 Å². The van der Waals surface area contributed by atoms with Gasteiger partial charge in [-0.3, -0.25) is 14.7 Å². The van der Waals surface area contributed by atoms with Crippen molar-refractivity contribution in [3.05, 3.63) is 36.0 Å². The Labute approximate surface area is 127 Å². The molecule has 22 heavy (non-hydrogen) atoms. The molecule has 0 fully saturated rings. The van der Waals surface area contributed by atoms with Crippen molar-refractivity contribution in [2.75, 3.05) is 13.7 Å². The molecule has 0 radical (unpaired) electrons. The largest absolute Gasteiger partial charge is 0.497 e. The number of hydrogen-bond donors (Lipinski definition) is 3. The second-order valence-electron chi connectivity index (χ2n) is 4.65. The van der Waals surface area contributed by atoms with E-state index in [0.29, 0.717) is 24.4 Å². The minimum atomic E-state index is -0.877. The number of nitrogens with zero attached hydrogens (tertiary/aromatic N) is 1. The lowest BCUT2D eigenvalue weighted by atomic mass is 10.1. The molecule has 0 aliphatic heterocycles. The van der Waals surface area contributed by atoms with Gasteiger partial charge in [0.15, 0.2) is 0 Å². The second kappa shape index (κ2) is 7.26. The fourth-order valence-electron chi connectivity index (χ4n) is 1.88. The van der Waals surface area contributed by atoms with Crippen molar-refractivity contribution in [2.24, 2.45) is 0 Å². The van der Waals surface area contributed by atoms with E-state index in [-0.39, 0.29) is 12.3 Å². The van der Waals surface area contributed by atoms with Crippen LogP contribution in [0.15, 0.2) is 30.3 Å². The molecule has 1 amide bonds. The van der Waals surface area contributed by atoms with Crippen molar-refractivity contribution >= 4 is 11.9 Å². The molecule has 2 rings (SSSR count). The Morgan fingerprint density at radius 3 is 2.68 bits per heavy atom. The van der Waals surface area contributed by atoms with Gasteiger partial charge in [0, 0.05) is 18.5 Å². The number of carbonyl (C=O) groups is 2. The van der Waals surface area contributed by atoms with E-state index in [1.807, 2.05) is 24.3 Å².